The maximum atomic E-state index is 10.6. The molecule has 1 aromatic rings. The first-order valence-corrected chi connectivity index (χ1v) is 4.33. The smallest absolute Gasteiger partial charge is 0.326 e. The van der Waals surface area contributed by atoms with E-state index in [-0.39, 0.29) is 6.42 Å². The third-order valence-corrected chi connectivity index (χ3v) is 2.23. The van der Waals surface area contributed by atoms with E-state index in [1.54, 1.807) is 12.3 Å². The highest BCUT2D eigenvalue weighted by molar-refractivity contribution is 7.05. The Morgan fingerprint density at radius 1 is 1.85 bits per heavy atom. The van der Waals surface area contributed by atoms with Crippen LogP contribution in [0.4, 0.5) is 0 Å². The summed E-state index contributed by atoms with van der Waals surface area (Å²) >= 11 is 1.23. The van der Waals surface area contributed by atoms with Gasteiger partial charge in [0.2, 0.25) is 6.41 Å². The molecule has 0 radical (unpaired) electrons. The predicted molar refractivity (Wildman–Crippen MR) is 46.4 cm³/mol. The molecule has 0 saturated carbocycles. The lowest BCUT2D eigenvalue weighted by Gasteiger charge is -2.08. The number of nitrogens with zero attached hydrogens (tertiary/aromatic N) is 1. The van der Waals surface area contributed by atoms with Crippen LogP contribution in [0.1, 0.15) is 4.88 Å². The van der Waals surface area contributed by atoms with Crippen LogP contribution in [-0.4, -0.2) is 27.9 Å². The van der Waals surface area contributed by atoms with Crippen LogP contribution in [0.3, 0.4) is 0 Å². The van der Waals surface area contributed by atoms with Gasteiger partial charge in [-0.05, 0) is 17.6 Å². The molecular formula is C7H8N2O3S. The number of amides is 1. The molecule has 13 heavy (non-hydrogen) atoms. The van der Waals surface area contributed by atoms with Gasteiger partial charge in [-0.1, -0.05) is 0 Å². The van der Waals surface area contributed by atoms with E-state index in [0.717, 1.165) is 4.88 Å². The molecule has 5 nitrogen and oxygen atoms in total. The van der Waals surface area contributed by atoms with Crippen LogP contribution in [0.5, 0.6) is 0 Å². The number of carboxylic acids is 1. The summed E-state index contributed by atoms with van der Waals surface area (Å²) < 4.78 is 3.83. The van der Waals surface area contributed by atoms with Gasteiger partial charge in [0.15, 0.2) is 0 Å². The molecule has 0 aliphatic rings. The molecule has 1 amide bonds. The van der Waals surface area contributed by atoms with Crippen LogP contribution in [0, 0.1) is 0 Å². The lowest BCUT2D eigenvalue weighted by Crippen LogP contribution is -2.37. The van der Waals surface area contributed by atoms with Crippen LogP contribution < -0.4 is 5.32 Å². The SMILES string of the molecule is O=CNC(Cc1ccns1)C(=O)O. The molecule has 1 atom stereocenters. The van der Waals surface area contributed by atoms with Crippen molar-refractivity contribution in [3.63, 3.8) is 0 Å². The number of hydrogen-bond acceptors (Lipinski definition) is 4. The van der Waals surface area contributed by atoms with Crippen molar-refractivity contribution < 1.29 is 14.7 Å². The molecule has 1 aromatic heterocycles. The highest BCUT2D eigenvalue weighted by atomic mass is 32.1. The minimum Gasteiger partial charge on any atom is -0.480 e. The van der Waals surface area contributed by atoms with Crippen molar-refractivity contribution in [1.29, 1.82) is 0 Å². The Kier molecular flexibility index (Phi) is 3.39. The number of carbonyl (C=O) groups is 2. The first kappa shape index (κ1) is 9.66. The molecule has 6 heteroatoms. The standard InChI is InChI=1S/C7H8N2O3S/c10-4-8-6(7(11)12)3-5-1-2-9-13-5/h1-2,4,6H,3H2,(H,8,10)(H,11,12). The third-order valence-electron chi connectivity index (χ3n) is 1.46. The van der Waals surface area contributed by atoms with Gasteiger partial charge < -0.3 is 10.4 Å². The van der Waals surface area contributed by atoms with Gasteiger partial charge in [0.05, 0.1) is 0 Å². The Hall–Kier alpha value is -1.43. The second-order valence-electron chi connectivity index (χ2n) is 2.36. The summed E-state index contributed by atoms with van der Waals surface area (Å²) in [6.45, 7) is 0. The average molecular weight is 200 g/mol. The quantitative estimate of drug-likeness (QED) is 0.650. The Bertz CT molecular complexity index is 286. The molecule has 0 aromatic carbocycles. The van der Waals surface area contributed by atoms with E-state index in [4.69, 9.17) is 5.11 Å². The molecular weight excluding hydrogens is 192 g/mol. The zero-order valence-electron chi connectivity index (χ0n) is 6.64. The molecule has 0 spiro atoms. The number of aliphatic carboxylic acids is 1. The van der Waals surface area contributed by atoms with Gasteiger partial charge in [-0.3, -0.25) is 4.79 Å². The molecule has 0 aliphatic heterocycles. The first-order valence-electron chi connectivity index (χ1n) is 3.56. The summed E-state index contributed by atoms with van der Waals surface area (Å²) in [4.78, 5) is 21.5. The molecule has 0 bridgehead atoms. The fraction of sp³-hybridized carbons (Fsp3) is 0.286. The van der Waals surface area contributed by atoms with Crippen LogP contribution in [0.15, 0.2) is 12.3 Å². The van der Waals surface area contributed by atoms with Crippen LogP contribution in [0.25, 0.3) is 0 Å². The van der Waals surface area contributed by atoms with E-state index in [1.165, 1.54) is 11.5 Å². The normalized spacial score (nSPS) is 12.0. The van der Waals surface area contributed by atoms with Crippen molar-refractivity contribution in [3.8, 4) is 0 Å². The topological polar surface area (TPSA) is 79.3 Å². The predicted octanol–water partition coefficient (Wildman–Crippen LogP) is -0.115. The van der Waals surface area contributed by atoms with Gasteiger partial charge in [0.25, 0.3) is 0 Å². The first-order chi connectivity index (χ1) is 6.24. The molecule has 1 rings (SSSR count). The van der Waals surface area contributed by atoms with E-state index < -0.39 is 12.0 Å². The maximum absolute atomic E-state index is 10.6. The number of nitrogens with one attached hydrogen (secondary N) is 1. The molecule has 1 unspecified atom stereocenters. The van der Waals surface area contributed by atoms with Gasteiger partial charge in [-0.25, -0.2) is 9.17 Å². The number of rotatable bonds is 5. The Morgan fingerprint density at radius 3 is 3.08 bits per heavy atom. The average Bonchev–Trinajstić information content (AvgIpc) is 2.56. The Balaban J connectivity index is 2.57. The van der Waals surface area contributed by atoms with E-state index in [9.17, 15) is 9.59 Å². The lowest BCUT2D eigenvalue weighted by atomic mass is 10.2. The van der Waals surface area contributed by atoms with Crippen molar-refractivity contribution in [2.24, 2.45) is 0 Å². The summed E-state index contributed by atoms with van der Waals surface area (Å²) in [7, 11) is 0. The highest BCUT2D eigenvalue weighted by Gasteiger charge is 2.17. The summed E-state index contributed by atoms with van der Waals surface area (Å²) in [5.74, 6) is -1.04. The Labute approximate surface area is 78.6 Å². The monoisotopic (exact) mass is 200 g/mol. The maximum Gasteiger partial charge on any atom is 0.326 e. The zero-order valence-corrected chi connectivity index (χ0v) is 7.45. The number of hydrogen-bond donors (Lipinski definition) is 2. The van der Waals surface area contributed by atoms with Gasteiger partial charge in [-0.2, -0.15) is 0 Å². The van der Waals surface area contributed by atoms with Crippen LogP contribution in [0.2, 0.25) is 0 Å². The lowest BCUT2D eigenvalue weighted by molar-refractivity contribution is -0.140. The van der Waals surface area contributed by atoms with E-state index in [0.29, 0.717) is 6.41 Å². The number of carbonyl (C=O) groups excluding carboxylic acids is 1. The van der Waals surface area contributed by atoms with Crippen molar-refractivity contribution in [3.05, 3.63) is 17.1 Å². The van der Waals surface area contributed by atoms with E-state index in [1.807, 2.05) is 0 Å². The second-order valence-corrected chi connectivity index (χ2v) is 3.28. The molecule has 0 fully saturated rings. The largest absolute Gasteiger partial charge is 0.480 e. The van der Waals surface area contributed by atoms with Crippen molar-refractivity contribution >= 4 is 23.9 Å². The summed E-state index contributed by atoms with van der Waals surface area (Å²) in [5.41, 5.74) is 0. The van der Waals surface area contributed by atoms with Crippen molar-refractivity contribution in [2.75, 3.05) is 0 Å². The fourth-order valence-electron chi connectivity index (χ4n) is 0.848. The van der Waals surface area contributed by atoms with Crippen LogP contribution in [-0.2, 0) is 16.0 Å². The Morgan fingerprint density at radius 2 is 2.62 bits per heavy atom. The van der Waals surface area contributed by atoms with Crippen LogP contribution >= 0.6 is 11.5 Å². The second kappa shape index (κ2) is 4.56. The molecule has 2 N–H and O–H groups in total. The molecule has 70 valence electrons. The van der Waals surface area contributed by atoms with Gasteiger partial charge >= 0.3 is 5.97 Å². The van der Waals surface area contributed by atoms with E-state index >= 15 is 0 Å². The summed E-state index contributed by atoms with van der Waals surface area (Å²) in [6.07, 6.45) is 2.26. The molecule has 0 aliphatic carbocycles. The minimum absolute atomic E-state index is 0.277. The number of carboxylic acid groups (broad SMARTS) is 1. The number of aromatic nitrogens is 1. The zero-order chi connectivity index (χ0) is 9.68. The fourth-order valence-corrected chi connectivity index (χ4v) is 1.47. The van der Waals surface area contributed by atoms with Crippen molar-refractivity contribution in [1.82, 2.24) is 9.69 Å². The molecule has 1 heterocycles. The highest BCUT2D eigenvalue weighted by Crippen LogP contribution is 2.07. The molecule has 0 saturated heterocycles. The van der Waals surface area contributed by atoms with Gasteiger partial charge in [0.1, 0.15) is 6.04 Å². The van der Waals surface area contributed by atoms with Gasteiger partial charge in [0, 0.05) is 17.5 Å². The van der Waals surface area contributed by atoms with Gasteiger partial charge in [-0.15, -0.1) is 0 Å². The van der Waals surface area contributed by atoms with Crippen molar-refractivity contribution in [2.45, 2.75) is 12.5 Å². The minimum atomic E-state index is -1.04. The summed E-state index contributed by atoms with van der Waals surface area (Å²) in [5, 5.41) is 10.9. The summed E-state index contributed by atoms with van der Waals surface area (Å²) in [6, 6.07) is 0.866. The third kappa shape index (κ3) is 2.83. The van der Waals surface area contributed by atoms with E-state index in [2.05, 4.69) is 9.69 Å².